The molecule has 4 nitrogen and oxygen atoms in total. The van der Waals surface area contributed by atoms with Crippen molar-refractivity contribution in [3.8, 4) is 0 Å². The van der Waals surface area contributed by atoms with Crippen LogP contribution in [0, 0.1) is 0 Å². The van der Waals surface area contributed by atoms with Gasteiger partial charge in [-0.25, -0.2) is 9.78 Å². The number of oxazole rings is 1. The maximum absolute atomic E-state index is 10.8. The lowest BCUT2D eigenvalue weighted by molar-refractivity contribution is -0.134. The van der Waals surface area contributed by atoms with Crippen molar-refractivity contribution in [2.45, 2.75) is 5.22 Å². The van der Waals surface area contributed by atoms with Gasteiger partial charge in [0.15, 0.2) is 5.58 Å². The summed E-state index contributed by atoms with van der Waals surface area (Å²) in [4.78, 5) is 15.0. The number of fused-ring (bicyclic) bond motifs is 1. The van der Waals surface area contributed by atoms with Gasteiger partial charge < -0.3 is 9.15 Å². The summed E-state index contributed by atoms with van der Waals surface area (Å²) < 4.78 is 9.89. The summed E-state index contributed by atoms with van der Waals surface area (Å²) in [6.45, 7) is 0. The smallest absolute Gasteiger partial charge is 0.331 e. The highest BCUT2D eigenvalue weighted by molar-refractivity contribution is 8.01. The van der Waals surface area contributed by atoms with Crippen LogP contribution >= 0.6 is 11.8 Å². The Morgan fingerprint density at radius 1 is 1.50 bits per heavy atom. The van der Waals surface area contributed by atoms with E-state index in [1.165, 1.54) is 24.9 Å². The number of carbonyl (C=O) groups excluding carboxylic acids is 1. The summed E-state index contributed by atoms with van der Waals surface area (Å²) in [6, 6.07) is 7.49. The lowest BCUT2D eigenvalue weighted by atomic mass is 10.3. The minimum atomic E-state index is -0.399. The average Bonchev–Trinajstić information content (AvgIpc) is 2.71. The number of methoxy groups -OCH3 is 1. The molecule has 0 unspecified atom stereocenters. The molecule has 0 N–H and O–H groups in total. The van der Waals surface area contributed by atoms with E-state index in [0.29, 0.717) is 5.22 Å². The second-order valence-corrected chi connectivity index (χ2v) is 3.75. The zero-order valence-electron chi connectivity index (χ0n) is 8.54. The summed E-state index contributed by atoms with van der Waals surface area (Å²) >= 11 is 1.23. The maximum Gasteiger partial charge on any atom is 0.331 e. The topological polar surface area (TPSA) is 52.3 Å². The molecule has 2 aromatic rings. The van der Waals surface area contributed by atoms with E-state index in [9.17, 15) is 4.79 Å². The largest absolute Gasteiger partial charge is 0.466 e. The molecule has 0 radical (unpaired) electrons. The first-order valence-corrected chi connectivity index (χ1v) is 5.44. The average molecular weight is 235 g/mol. The second kappa shape index (κ2) is 4.85. The Kier molecular flexibility index (Phi) is 3.26. The molecule has 0 atom stereocenters. The van der Waals surface area contributed by atoms with Crippen LogP contribution in [0.1, 0.15) is 0 Å². The monoisotopic (exact) mass is 235 g/mol. The fourth-order valence-corrected chi connectivity index (χ4v) is 1.70. The van der Waals surface area contributed by atoms with Gasteiger partial charge in [0.2, 0.25) is 0 Å². The number of nitrogens with zero attached hydrogens (tertiary/aromatic N) is 1. The fourth-order valence-electron chi connectivity index (χ4n) is 1.12. The molecule has 0 saturated carbocycles. The molecule has 2 rings (SSSR count). The highest BCUT2D eigenvalue weighted by Gasteiger charge is 2.03. The van der Waals surface area contributed by atoms with Crippen molar-refractivity contribution >= 4 is 28.8 Å². The molecule has 0 aliphatic carbocycles. The van der Waals surface area contributed by atoms with Gasteiger partial charge in [-0.15, -0.1) is 0 Å². The van der Waals surface area contributed by atoms with Gasteiger partial charge in [-0.3, -0.25) is 0 Å². The Balaban J connectivity index is 2.10. The summed E-state index contributed by atoms with van der Waals surface area (Å²) in [6.07, 6.45) is 1.32. The summed E-state index contributed by atoms with van der Waals surface area (Å²) in [7, 11) is 1.33. The summed E-state index contributed by atoms with van der Waals surface area (Å²) in [5.41, 5.74) is 1.54. The number of para-hydroxylation sites is 2. The van der Waals surface area contributed by atoms with E-state index < -0.39 is 5.97 Å². The number of benzene rings is 1. The zero-order valence-corrected chi connectivity index (χ0v) is 9.36. The molecule has 0 amide bonds. The Morgan fingerprint density at radius 2 is 2.31 bits per heavy atom. The van der Waals surface area contributed by atoms with Crippen molar-refractivity contribution in [1.82, 2.24) is 4.98 Å². The van der Waals surface area contributed by atoms with Gasteiger partial charge in [-0.2, -0.15) is 0 Å². The molecule has 0 aliphatic rings. The third kappa shape index (κ3) is 2.43. The molecule has 0 fully saturated rings. The zero-order chi connectivity index (χ0) is 11.4. The van der Waals surface area contributed by atoms with E-state index in [0.717, 1.165) is 11.1 Å². The molecule has 0 saturated heterocycles. The molecular weight excluding hydrogens is 226 g/mol. The number of rotatable bonds is 3. The minimum Gasteiger partial charge on any atom is -0.466 e. The minimum absolute atomic E-state index is 0.399. The van der Waals surface area contributed by atoms with Gasteiger partial charge in [0.25, 0.3) is 5.22 Å². The van der Waals surface area contributed by atoms with Crippen LogP contribution < -0.4 is 0 Å². The normalized spacial score (nSPS) is 11.1. The van der Waals surface area contributed by atoms with Crippen LogP contribution in [0.2, 0.25) is 0 Å². The first-order valence-electron chi connectivity index (χ1n) is 4.56. The van der Waals surface area contributed by atoms with Crippen molar-refractivity contribution in [3.05, 3.63) is 35.7 Å². The number of esters is 1. The van der Waals surface area contributed by atoms with Crippen LogP contribution in [-0.4, -0.2) is 18.1 Å². The molecule has 0 spiro atoms. The first-order chi connectivity index (χ1) is 7.79. The molecule has 1 aromatic heterocycles. The standard InChI is InChI=1S/C11H9NO3S/c1-14-10(13)6-7-16-11-12-8-4-2-3-5-9(8)15-11/h2-7H,1H3. The number of aromatic nitrogens is 1. The molecule has 1 heterocycles. The quantitative estimate of drug-likeness (QED) is 0.465. The summed E-state index contributed by atoms with van der Waals surface area (Å²) in [5, 5.41) is 2.08. The lowest BCUT2D eigenvalue weighted by Gasteiger charge is -1.88. The lowest BCUT2D eigenvalue weighted by Crippen LogP contribution is -1.92. The van der Waals surface area contributed by atoms with E-state index in [1.807, 2.05) is 24.3 Å². The van der Waals surface area contributed by atoms with Crippen molar-refractivity contribution in [3.63, 3.8) is 0 Å². The Hall–Kier alpha value is -1.75. The predicted octanol–water partition coefficient (Wildman–Crippen LogP) is 2.61. The Bertz CT molecular complexity index is 500. The van der Waals surface area contributed by atoms with Crippen LogP contribution in [0.3, 0.4) is 0 Å². The van der Waals surface area contributed by atoms with Gasteiger partial charge in [0.05, 0.1) is 7.11 Å². The maximum atomic E-state index is 10.8. The number of thioether (sulfide) groups is 1. The molecule has 5 heteroatoms. The highest BCUT2D eigenvalue weighted by atomic mass is 32.2. The number of ether oxygens (including phenoxy) is 1. The van der Waals surface area contributed by atoms with Crippen LogP contribution in [0.4, 0.5) is 0 Å². The van der Waals surface area contributed by atoms with Gasteiger partial charge >= 0.3 is 5.97 Å². The van der Waals surface area contributed by atoms with E-state index in [-0.39, 0.29) is 0 Å². The molecule has 16 heavy (non-hydrogen) atoms. The molecule has 0 bridgehead atoms. The van der Waals surface area contributed by atoms with Crippen molar-refractivity contribution in [2.24, 2.45) is 0 Å². The van der Waals surface area contributed by atoms with Gasteiger partial charge in [0, 0.05) is 6.08 Å². The molecule has 1 aromatic carbocycles. The third-order valence-corrected chi connectivity index (χ3v) is 2.50. The van der Waals surface area contributed by atoms with Crippen LogP contribution in [-0.2, 0) is 9.53 Å². The number of carbonyl (C=O) groups is 1. The molecular formula is C11H9NO3S. The van der Waals surface area contributed by atoms with E-state index in [1.54, 1.807) is 5.41 Å². The predicted molar refractivity (Wildman–Crippen MR) is 61.0 cm³/mol. The van der Waals surface area contributed by atoms with Gasteiger partial charge in [-0.05, 0) is 29.3 Å². The van der Waals surface area contributed by atoms with E-state index in [2.05, 4.69) is 9.72 Å². The van der Waals surface area contributed by atoms with Crippen LogP contribution in [0.15, 0.2) is 45.4 Å². The molecule has 0 aliphatic heterocycles. The fraction of sp³-hybridized carbons (Fsp3) is 0.0909. The first kappa shape index (κ1) is 10.8. The molecule has 82 valence electrons. The summed E-state index contributed by atoms with van der Waals surface area (Å²) in [5.74, 6) is -0.399. The SMILES string of the molecule is COC(=O)C=CSc1nc2ccccc2o1. The van der Waals surface area contributed by atoms with Crippen molar-refractivity contribution in [2.75, 3.05) is 7.11 Å². The number of hydrogen-bond donors (Lipinski definition) is 0. The van der Waals surface area contributed by atoms with Crippen LogP contribution in [0.5, 0.6) is 0 Å². The number of hydrogen-bond acceptors (Lipinski definition) is 5. The Morgan fingerprint density at radius 3 is 3.06 bits per heavy atom. The van der Waals surface area contributed by atoms with E-state index >= 15 is 0 Å². The van der Waals surface area contributed by atoms with Crippen LogP contribution in [0.25, 0.3) is 11.1 Å². The van der Waals surface area contributed by atoms with Crippen molar-refractivity contribution < 1.29 is 13.9 Å². The third-order valence-electron chi connectivity index (χ3n) is 1.85. The highest BCUT2D eigenvalue weighted by Crippen LogP contribution is 2.23. The van der Waals surface area contributed by atoms with Gasteiger partial charge in [-0.1, -0.05) is 12.1 Å². The Labute approximate surface area is 96.3 Å². The van der Waals surface area contributed by atoms with Gasteiger partial charge in [0.1, 0.15) is 5.52 Å². The second-order valence-electron chi connectivity index (χ2n) is 2.89. The van der Waals surface area contributed by atoms with Crippen molar-refractivity contribution in [1.29, 1.82) is 0 Å². The van der Waals surface area contributed by atoms with E-state index in [4.69, 9.17) is 4.42 Å².